The van der Waals surface area contributed by atoms with E-state index in [2.05, 4.69) is 106 Å². The molecular weight excluding hydrogens is 901 g/mol. The Balaban J connectivity index is 4.11. The quantitative estimate of drug-likeness (QED) is 0.0261. The zero-order valence-electron chi connectivity index (χ0n) is 48.1. The summed E-state index contributed by atoms with van der Waals surface area (Å²) in [7, 11) is 0. The third kappa shape index (κ3) is 59.3. The first-order valence-electron chi connectivity index (χ1n) is 31.1. The number of hydrogen-bond donors (Lipinski definition) is 0. The minimum absolute atomic E-state index is 0.0861. The molecule has 0 aromatic rings. The molecule has 0 heterocycles. The number of allylic oxidation sites excluding steroid dienone is 14. The molecule has 0 N–H and O–H groups in total. The van der Waals surface area contributed by atoms with E-state index in [0.717, 1.165) is 116 Å². The standard InChI is InChI=1S/C67H116O6/c1-4-7-10-13-15-17-19-21-23-25-27-29-31-33-35-37-39-41-43-45-47-49-51-54-57-60-66(69)72-63-64(62-71-65(68)59-56-53-12-9-6-3)73-67(70)61-58-55-52-50-48-46-44-42-40-38-36-34-32-30-28-26-24-22-20-18-16-14-11-8-5-2/h7,10,15,17,21,23,27,29,33,35,39,41,45,47,64H,4-6,8-9,11-14,16,18-20,22,24-26,28,30-32,34,36-38,40,42-44,46,48-63H2,1-3H3/b10-7-,17-15-,23-21-,29-27-,35-33-,41-39-,47-45-. The Kier molecular flexibility index (Phi) is 58.3. The van der Waals surface area contributed by atoms with Gasteiger partial charge in [-0.1, -0.05) is 292 Å². The number of rotatable bonds is 56. The Morgan fingerprint density at radius 2 is 0.534 bits per heavy atom. The van der Waals surface area contributed by atoms with E-state index < -0.39 is 6.10 Å². The van der Waals surface area contributed by atoms with Gasteiger partial charge in [0.1, 0.15) is 13.2 Å². The van der Waals surface area contributed by atoms with Gasteiger partial charge in [0.05, 0.1) is 0 Å². The Morgan fingerprint density at radius 3 is 0.836 bits per heavy atom. The lowest BCUT2D eigenvalue weighted by Gasteiger charge is -2.18. The van der Waals surface area contributed by atoms with Crippen molar-refractivity contribution < 1.29 is 28.6 Å². The summed E-state index contributed by atoms with van der Waals surface area (Å²) in [6.07, 6.45) is 80.7. The van der Waals surface area contributed by atoms with E-state index in [1.54, 1.807) is 0 Å². The molecule has 0 amide bonds. The fourth-order valence-corrected chi connectivity index (χ4v) is 8.78. The van der Waals surface area contributed by atoms with Crippen molar-refractivity contribution >= 4 is 17.9 Å². The summed E-state index contributed by atoms with van der Waals surface area (Å²) in [5.74, 6) is -0.924. The van der Waals surface area contributed by atoms with Crippen LogP contribution in [0.1, 0.15) is 303 Å². The minimum atomic E-state index is -0.786. The molecule has 0 spiro atoms. The van der Waals surface area contributed by atoms with Gasteiger partial charge in [0.15, 0.2) is 6.10 Å². The van der Waals surface area contributed by atoms with Gasteiger partial charge in [0, 0.05) is 19.3 Å². The van der Waals surface area contributed by atoms with Gasteiger partial charge in [-0.05, 0) is 77.0 Å². The van der Waals surface area contributed by atoms with Gasteiger partial charge in [-0.25, -0.2) is 0 Å². The lowest BCUT2D eigenvalue weighted by molar-refractivity contribution is -0.167. The molecule has 73 heavy (non-hydrogen) atoms. The summed E-state index contributed by atoms with van der Waals surface area (Å²) in [4.78, 5) is 37.9. The Bertz CT molecular complexity index is 1400. The number of carbonyl (C=O) groups is 3. The van der Waals surface area contributed by atoms with Crippen LogP contribution in [0.5, 0.6) is 0 Å². The zero-order chi connectivity index (χ0) is 52.9. The molecule has 0 saturated carbocycles. The number of carbonyl (C=O) groups excluding carboxylic acids is 3. The molecule has 1 atom stereocenters. The van der Waals surface area contributed by atoms with Gasteiger partial charge in [-0.15, -0.1) is 0 Å². The highest BCUT2D eigenvalue weighted by atomic mass is 16.6. The first kappa shape index (κ1) is 69.6. The summed E-state index contributed by atoms with van der Waals surface area (Å²) < 4.78 is 16.7. The molecule has 6 nitrogen and oxygen atoms in total. The van der Waals surface area contributed by atoms with Gasteiger partial charge in [0.25, 0.3) is 0 Å². The SMILES string of the molecule is CC/C=C\C/C=C\C/C=C\C/C=C\C/C=C\C/C=C\C/C=C\CCCCCC(=O)OCC(COC(=O)CCCCCCC)OC(=O)CCCCCCCCCCCCCCCCCCCCCCCCCCC. The molecule has 0 rings (SSSR count). The fraction of sp³-hybridized carbons (Fsp3) is 0.746. The molecule has 0 bridgehead atoms. The Morgan fingerprint density at radius 1 is 0.288 bits per heavy atom. The maximum Gasteiger partial charge on any atom is 0.306 e. The number of hydrogen-bond acceptors (Lipinski definition) is 6. The van der Waals surface area contributed by atoms with E-state index in [-0.39, 0.29) is 31.1 Å². The number of unbranched alkanes of at least 4 members (excludes halogenated alkanes) is 31. The first-order valence-corrected chi connectivity index (χ1v) is 31.1. The van der Waals surface area contributed by atoms with Crippen LogP contribution in [0.4, 0.5) is 0 Å². The summed E-state index contributed by atoms with van der Waals surface area (Å²) in [5.41, 5.74) is 0. The lowest BCUT2D eigenvalue weighted by Crippen LogP contribution is -2.30. The van der Waals surface area contributed by atoms with E-state index in [9.17, 15) is 14.4 Å². The number of ether oxygens (including phenoxy) is 3. The van der Waals surface area contributed by atoms with Crippen molar-refractivity contribution in [3.63, 3.8) is 0 Å². The van der Waals surface area contributed by atoms with E-state index in [0.29, 0.717) is 19.3 Å². The molecule has 420 valence electrons. The minimum Gasteiger partial charge on any atom is -0.462 e. The van der Waals surface area contributed by atoms with Crippen molar-refractivity contribution in [3.05, 3.63) is 85.1 Å². The summed E-state index contributed by atoms with van der Waals surface area (Å²) in [6, 6.07) is 0. The fourth-order valence-electron chi connectivity index (χ4n) is 8.78. The first-order chi connectivity index (χ1) is 36.0. The third-order valence-electron chi connectivity index (χ3n) is 13.4. The molecule has 0 radical (unpaired) electrons. The van der Waals surface area contributed by atoms with Crippen LogP contribution < -0.4 is 0 Å². The molecule has 6 heteroatoms. The second-order valence-corrected chi connectivity index (χ2v) is 20.6. The van der Waals surface area contributed by atoms with Crippen molar-refractivity contribution in [2.45, 2.75) is 309 Å². The number of esters is 3. The van der Waals surface area contributed by atoms with Crippen LogP contribution in [0, 0.1) is 0 Å². The summed E-state index contributed by atoms with van der Waals surface area (Å²) >= 11 is 0. The molecule has 0 aliphatic heterocycles. The highest BCUT2D eigenvalue weighted by molar-refractivity contribution is 5.71. The van der Waals surface area contributed by atoms with Crippen LogP contribution >= 0.6 is 0 Å². The summed E-state index contributed by atoms with van der Waals surface area (Å²) in [6.45, 7) is 6.44. The van der Waals surface area contributed by atoms with Crippen molar-refractivity contribution in [3.8, 4) is 0 Å². The van der Waals surface area contributed by atoms with E-state index >= 15 is 0 Å². The average molecular weight is 1020 g/mol. The van der Waals surface area contributed by atoms with Gasteiger partial charge in [-0.3, -0.25) is 14.4 Å². The van der Waals surface area contributed by atoms with Crippen LogP contribution in [0.3, 0.4) is 0 Å². The van der Waals surface area contributed by atoms with E-state index in [1.807, 2.05) is 0 Å². The monoisotopic (exact) mass is 1020 g/mol. The molecule has 0 fully saturated rings. The average Bonchev–Trinajstić information content (AvgIpc) is 3.39. The maximum atomic E-state index is 12.8. The highest BCUT2D eigenvalue weighted by Gasteiger charge is 2.19. The van der Waals surface area contributed by atoms with Crippen LogP contribution in [0.2, 0.25) is 0 Å². The predicted octanol–water partition coefficient (Wildman–Crippen LogP) is 21.1. The molecule has 0 aromatic heterocycles. The van der Waals surface area contributed by atoms with E-state index in [4.69, 9.17) is 14.2 Å². The topological polar surface area (TPSA) is 78.9 Å². The van der Waals surface area contributed by atoms with Crippen molar-refractivity contribution in [2.75, 3.05) is 13.2 Å². The molecule has 0 aliphatic carbocycles. The van der Waals surface area contributed by atoms with Gasteiger partial charge in [-0.2, -0.15) is 0 Å². The second-order valence-electron chi connectivity index (χ2n) is 20.6. The second kappa shape index (κ2) is 61.1. The largest absolute Gasteiger partial charge is 0.462 e. The molecular formula is C67H116O6. The zero-order valence-corrected chi connectivity index (χ0v) is 48.1. The van der Waals surface area contributed by atoms with Gasteiger partial charge < -0.3 is 14.2 Å². The predicted molar refractivity (Wildman–Crippen MR) is 316 cm³/mol. The van der Waals surface area contributed by atoms with E-state index in [1.165, 1.54) is 148 Å². The Labute approximate surface area is 452 Å². The summed E-state index contributed by atoms with van der Waals surface area (Å²) in [5, 5.41) is 0. The van der Waals surface area contributed by atoms with Crippen molar-refractivity contribution in [1.29, 1.82) is 0 Å². The molecule has 1 unspecified atom stereocenters. The third-order valence-corrected chi connectivity index (χ3v) is 13.4. The maximum absolute atomic E-state index is 12.8. The Hall–Kier alpha value is -3.41. The van der Waals surface area contributed by atoms with Gasteiger partial charge in [0.2, 0.25) is 0 Å². The van der Waals surface area contributed by atoms with Crippen LogP contribution in [-0.4, -0.2) is 37.2 Å². The molecule has 0 aromatic carbocycles. The van der Waals surface area contributed by atoms with Crippen LogP contribution in [-0.2, 0) is 28.6 Å². The van der Waals surface area contributed by atoms with Crippen molar-refractivity contribution in [2.24, 2.45) is 0 Å². The van der Waals surface area contributed by atoms with Crippen molar-refractivity contribution in [1.82, 2.24) is 0 Å². The van der Waals surface area contributed by atoms with Gasteiger partial charge >= 0.3 is 17.9 Å². The lowest BCUT2D eigenvalue weighted by atomic mass is 10.0. The smallest absolute Gasteiger partial charge is 0.306 e. The molecule has 0 saturated heterocycles. The normalized spacial score (nSPS) is 12.6. The highest BCUT2D eigenvalue weighted by Crippen LogP contribution is 2.17. The van der Waals surface area contributed by atoms with Crippen LogP contribution in [0.15, 0.2) is 85.1 Å². The van der Waals surface area contributed by atoms with Crippen LogP contribution in [0.25, 0.3) is 0 Å². The molecule has 0 aliphatic rings.